The van der Waals surface area contributed by atoms with Crippen LogP contribution in [-0.4, -0.2) is 41.1 Å². The molecule has 0 unspecified atom stereocenters. The van der Waals surface area contributed by atoms with Gasteiger partial charge in [-0.2, -0.15) is 0 Å². The average molecular weight is 327 g/mol. The SMILES string of the molecule is CCCc1cc(C(=O)N(CCO)Cc2ccccc2)cc(NC)n1. The lowest BCUT2D eigenvalue weighted by molar-refractivity contribution is 0.0707. The van der Waals surface area contributed by atoms with Crippen molar-refractivity contribution in [3.05, 3.63) is 59.3 Å². The topological polar surface area (TPSA) is 65.5 Å². The first-order valence-electron chi connectivity index (χ1n) is 8.30. The predicted molar refractivity (Wildman–Crippen MR) is 96.0 cm³/mol. The van der Waals surface area contributed by atoms with Crippen LogP contribution >= 0.6 is 0 Å². The van der Waals surface area contributed by atoms with Crippen LogP contribution in [-0.2, 0) is 13.0 Å². The molecular weight excluding hydrogens is 302 g/mol. The molecule has 1 amide bonds. The number of carbonyl (C=O) groups is 1. The van der Waals surface area contributed by atoms with Crippen molar-refractivity contribution >= 4 is 11.7 Å². The maximum Gasteiger partial charge on any atom is 0.254 e. The molecule has 0 saturated carbocycles. The van der Waals surface area contributed by atoms with Gasteiger partial charge in [-0.15, -0.1) is 0 Å². The van der Waals surface area contributed by atoms with Crippen LogP contribution < -0.4 is 5.32 Å². The average Bonchev–Trinajstić information content (AvgIpc) is 2.61. The monoisotopic (exact) mass is 327 g/mol. The third-order valence-corrected chi connectivity index (χ3v) is 3.76. The molecule has 128 valence electrons. The molecule has 0 bridgehead atoms. The number of carbonyl (C=O) groups excluding carboxylic acids is 1. The molecule has 5 heteroatoms. The van der Waals surface area contributed by atoms with E-state index in [1.165, 1.54) is 0 Å². The number of nitrogens with one attached hydrogen (secondary N) is 1. The van der Waals surface area contributed by atoms with Gasteiger partial charge in [0.1, 0.15) is 5.82 Å². The first-order chi connectivity index (χ1) is 11.7. The van der Waals surface area contributed by atoms with E-state index in [-0.39, 0.29) is 12.5 Å². The zero-order valence-electron chi connectivity index (χ0n) is 14.3. The minimum atomic E-state index is -0.0934. The summed E-state index contributed by atoms with van der Waals surface area (Å²) >= 11 is 0. The highest BCUT2D eigenvalue weighted by atomic mass is 16.3. The third-order valence-electron chi connectivity index (χ3n) is 3.76. The number of aliphatic hydroxyl groups is 1. The minimum Gasteiger partial charge on any atom is -0.395 e. The number of amides is 1. The molecule has 1 heterocycles. The van der Waals surface area contributed by atoms with E-state index in [0.29, 0.717) is 24.5 Å². The first-order valence-corrected chi connectivity index (χ1v) is 8.30. The van der Waals surface area contributed by atoms with Crippen LogP contribution in [0.1, 0.15) is 35.0 Å². The van der Waals surface area contributed by atoms with Crippen LogP contribution in [0.3, 0.4) is 0 Å². The molecule has 2 N–H and O–H groups in total. The van der Waals surface area contributed by atoms with Crippen molar-refractivity contribution in [3.63, 3.8) is 0 Å². The van der Waals surface area contributed by atoms with Crippen molar-refractivity contribution in [1.82, 2.24) is 9.88 Å². The fourth-order valence-electron chi connectivity index (χ4n) is 2.58. The Kier molecular flexibility index (Phi) is 6.75. The second-order valence-electron chi connectivity index (χ2n) is 5.67. The molecule has 0 aliphatic rings. The molecule has 1 aromatic carbocycles. The Morgan fingerprint density at radius 3 is 2.62 bits per heavy atom. The van der Waals surface area contributed by atoms with Crippen LogP contribution in [0.15, 0.2) is 42.5 Å². The molecule has 0 aliphatic heterocycles. The Morgan fingerprint density at radius 2 is 2.00 bits per heavy atom. The quantitative estimate of drug-likeness (QED) is 0.782. The molecule has 0 fully saturated rings. The molecule has 0 aliphatic carbocycles. The summed E-state index contributed by atoms with van der Waals surface area (Å²) in [6.07, 6.45) is 1.80. The first kappa shape index (κ1) is 17.9. The number of pyridine rings is 1. The van der Waals surface area contributed by atoms with E-state index in [1.807, 2.05) is 36.4 Å². The second kappa shape index (κ2) is 9.03. The summed E-state index contributed by atoms with van der Waals surface area (Å²) < 4.78 is 0. The predicted octanol–water partition coefficient (Wildman–Crippen LogP) is 2.71. The lowest BCUT2D eigenvalue weighted by atomic mass is 10.1. The van der Waals surface area contributed by atoms with Gasteiger partial charge in [0.15, 0.2) is 0 Å². The Bertz CT molecular complexity index is 659. The zero-order chi connectivity index (χ0) is 17.4. The number of hydrogen-bond acceptors (Lipinski definition) is 4. The lowest BCUT2D eigenvalue weighted by Crippen LogP contribution is -2.33. The zero-order valence-corrected chi connectivity index (χ0v) is 14.3. The summed E-state index contributed by atoms with van der Waals surface area (Å²) in [6, 6.07) is 13.4. The fraction of sp³-hybridized carbons (Fsp3) is 0.368. The molecule has 1 aromatic heterocycles. The molecule has 2 rings (SSSR count). The molecule has 5 nitrogen and oxygen atoms in total. The van der Waals surface area contributed by atoms with Gasteiger partial charge in [-0.25, -0.2) is 4.98 Å². The number of benzene rings is 1. The van der Waals surface area contributed by atoms with Gasteiger partial charge < -0.3 is 15.3 Å². The van der Waals surface area contributed by atoms with Gasteiger partial charge in [0.25, 0.3) is 5.91 Å². The smallest absolute Gasteiger partial charge is 0.254 e. The van der Waals surface area contributed by atoms with Crippen molar-refractivity contribution in [2.45, 2.75) is 26.3 Å². The largest absolute Gasteiger partial charge is 0.395 e. The standard InChI is InChI=1S/C19H25N3O2/c1-3-7-17-12-16(13-18(20-2)21-17)19(24)22(10-11-23)14-15-8-5-4-6-9-15/h4-6,8-9,12-13,23H,3,7,10-11,14H2,1-2H3,(H,20,21). The summed E-state index contributed by atoms with van der Waals surface area (Å²) in [5, 5.41) is 12.3. The molecule has 0 radical (unpaired) electrons. The molecule has 0 atom stereocenters. The van der Waals surface area contributed by atoms with E-state index < -0.39 is 0 Å². The highest BCUT2D eigenvalue weighted by molar-refractivity contribution is 5.95. The van der Waals surface area contributed by atoms with Gasteiger partial charge in [0.2, 0.25) is 0 Å². The molecule has 0 saturated heterocycles. The van der Waals surface area contributed by atoms with Crippen LogP contribution in [0.25, 0.3) is 0 Å². The third kappa shape index (κ3) is 4.80. The fourth-order valence-corrected chi connectivity index (χ4v) is 2.58. The van der Waals surface area contributed by atoms with Gasteiger partial charge in [0.05, 0.1) is 6.61 Å². The van der Waals surface area contributed by atoms with Crippen LogP contribution in [0.2, 0.25) is 0 Å². The van der Waals surface area contributed by atoms with Gasteiger partial charge >= 0.3 is 0 Å². The normalized spacial score (nSPS) is 10.5. The number of aliphatic hydroxyl groups excluding tert-OH is 1. The summed E-state index contributed by atoms with van der Waals surface area (Å²) in [6.45, 7) is 2.79. The Labute approximate surface area is 143 Å². The van der Waals surface area contributed by atoms with E-state index in [9.17, 15) is 9.90 Å². The van der Waals surface area contributed by atoms with E-state index in [2.05, 4.69) is 17.2 Å². The Hall–Kier alpha value is -2.40. The maximum absolute atomic E-state index is 12.9. The van der Waals surface area contributed by atoms with Crippen molar-refractivity contribution in [2.75, 3.05) is 25.5 Å². The molecule has 2 aromatic rings. The number of aromatic nitrogens is 1. The van der Waals surface area contributed by atoms with Crippen LogP contribution in [0.5, 0.6) is 0 Å². The summed E-state index contributed by atoms with van der Waals surface area (Å²) in [5.41, 5.74) is 2.54. The van der Waals surface area contributed by atoms with Crippen molar-refractivity contribution in [2.24, 2.45) is 0 Å². The van der Waals surface area contributed by atoms with E-state index >= 15 is 0 Å². The number of anilines is 1. The summed E-state index contributed by atoms with van der Waals surface area (Å²) in [7, 11) is 1.79. The van der Waals surface area contributed by atoms with Crippen molar-refractivity contribution in [3.8, 4) is 0 Å². The Balaban J connectivity index is 2.26. The van der Waals surface area contributed by atoms with Crippen molar-refractivity contribution in [1.29, 1.82) is 0 Å². The molecule has 0 spiro atoms. The molecule has 24 heavy (non-hydrogen) atoms. The number of rotatable bonds is 8. The molecular formula is C19H25N3O2. The van der Waals surface area contributed by atoms with Crippen LogP contribution in [0.4, 0.5) is 5.82 Å². The van der Waals surface area contributed by atoms with Crippen molar-refractivity contribution < 1.29 is 9.90 Å². The van der Waals surface area contributed by atoms with E-state index in [0.717, 1.165) is 24.1 Å². The van der Waals surface area contributed by atoms with E-state index in [1.54, 1.807) is 18.0 Å². The number of aryl methyl sites for hydroxylation is 1. The Morgan fingerprint density at radius 1 is 1.25 bits per heavy atom. The van der Waals surface area contributed by atoms with E-state index in [4.69, 9.17) is 0 Å². The minimum absolute atomic E-state index is 0.0651. The summed E-state index contributed by atoms with van der Waals surface area (Å²) in [4.78, 5) is 19.1. The summed E-state index contributed by atoms with van der Waals surface area (Å²) in [5.74, 6) is 0.595. The maximum atomic E-state index is 12.9. The number of hydrogen-bond donors (Lipinski definition) is 2. The highest BCUT2D eigenvalue weighted by Gasteiger charge is 2.17. The highest BCUT2D eigenvalue weighted by Crippen LogP contribution is 2.15. The lowest BCUT2D eigenvalue weighted by Gasteiger charge is -2.22. The van der Waals surface area contributed by atoms with Gasteiger partial charge in [-0.3, -0.25) is 4.79 Å². The van der Waals surface area contributed by atoms with Gasteiger partial charge in [0, 0.05) is 31.4 Å². The van der Waals surface area contributed by atoms with Gasteiger partial charge in [-0.1, -0.05) is 43.7 Å². The van der Waals surface area contributed by atoms with Crippen LogP contribution in [0, 0.1) is 0 Å². The number of nitrogens with zero attached hydrogens (tertiary/aromatic N) is 2. The second-order valence-corrected chi connectivity index (χ2v) is 5.67. The van der Waals surface area contributed by atoms with Gasteiger partial charge in [-0.05, 0) is 24.1 Å².